The largest absolute Gasteiger partial charge is 0.493 e. The molecule has 1 aliphatic carbocycles. The fraction of sp³-hybridized carbons (Fsp3) is 0.368. The molecule has 1 atom stereocenters. The summed E-state index contributed by atoms with van der Waals surface area (Å²) in [6.45, 7) is 0.759. The predicted molar refractivity (Wildman–Crippen MR) is 94.6 cm³/mol. The number of anilines is 1. The first kappa shape index (κ1) is 14.7. The van der Waals surface area contributed by atoms with Gasteiger partial charge in [-0.3, -0.25) is 0 Å². The Labute approximate surface area is 145 Å². The van der Waals surface area contributed by atoms with E-state index in [0.717, 1.165) is 48.5 Å². The van der Waals surface area contributed by atoms with Crippen molar-refractivity contribution in [1.29, 1.82) is 0 Å². The molecular formula is C19H20N4O2. The first-order chi connectivity index (χ1) is 12.3. The number of H-pyrrole nitrogens is 1. The maximum atomic E-state index is 9.80. The SMILES string of the molecule is OC1CC([C@H](Nc2ncnc3[nH]ccc23)c2ccc3c(c2)CCO3)C1. The van der Waals surface area contributed by atoms with Gasteiger partial charge in [0.1, 0.15) is 23.5 Å². The Morgan fingerprint density at radius 2 is 2.16 bits per heavy atom. The minimum atomic E-state index is -0.190. The van der Waals surface area contributed by atoms with Crippen LogP contribution < -0.4 is 10.1 Å². The lowest BCUT2D eigenvalue weighted by Gasteiger charge is -2.38. The van der Waals surface area contributed by atoms with Gasteiger partial charge in [0.15, 0.2) is 0 Å². The van der Waals surface area contributed by atoms with Gasteiger partial charge in [0.05, 0.1) is 24.1 Å². The van der Waals surface area contributed by atoms with E-state index in [1.165, 1.54) is 11.1 Å². The lowest BCUT2D eigenvalue weighted by atomic mass is 9.75. The maximum Gasteiger partial charge on any atom is 0.142 e. The van der Waals surface area contributed by atoms with Crippen LogP contribution in [0.2, 0.25) is 0 Å². The number of aromatic amines is 1. The quantitative estimate of drug-likeness (QED) is 0.682. The molecule has 2 aromatic heterocycles. The monoisotopic (exact) mass is 336 g/mol. The second-order valence-corrected chi connectivity index (χ2v) is 6.94. The average Bonchev–Trinajstić information content (AvgIpc) is 3.25. The zero-order valence-electron chi connectivity index (χ0n) is 13.8. The molecular weight excluding hydrogens is 316 g/mol. The van der Waals surface area contributed by atoms with Gasteiger partial charge in [-0.05, 0) is 48.1 Å². The Morgan fingerprint density at radius 1 is 1.24 bits per heavy atom. The van der Waals surface area contributed by atoms with Gasteiger partial charge < -0.3 is 20.1 Å². The van der Waals surface area contributed by atoms with Crippen molar-refractivity contribution in [3.8, 4) is 5.75 Å². The van der Waals surface area contributed by atoms with Crippen LogP contribution in [-0.4, -0.2) is 32.8 Å². The molecule has 3 aromatic rings. The molecule has 0 amide bonds. The summed E-state index contributed by atoms with van der Waals surface area (Å²) < 4.78 is 5.63. The molecule has 1 aromatic carbocycles. The number of benzene rings is 1. The first-order valence-electron chi connectivity index (χ1n) is 8.76. The van der Waals surface area contributed by atoms with Crippen LogP contribution >= 0.6 is 0 Å². The fourth-order valence-electron chi connectivity index (χ4n) is 3.91. The van der Waals surface area contributed by atoms with E-state index in [1.54, 1.807) is 6.33 Å². The lowest BCUT2D eigenvalue weighted by Crippen LogP contribution is -2.36. The third-order valence-corrected chi connectivity index (χ3v) is 5.34. The van der Waals surface area contributed by atoms with Crippen LogP contribution in [0.4, 0.5) is 5.82 Å². The number of rotatable bonds is 4. The third kappa shape index (κ3) is 2.53. The summed E-state index contributed by atoms with van der Waals surface area (Å²) in [5.41, 5.74) is 3.31. The Hall–Kier alpha value is -2.60. The molecule has 6 heteroatoms. The van der Waals surface area contributed by atoms with Crippen LogP contribution in [0.3, 0.4) is 0 Å². The zero-order chi connectivity index (χ0) is 16.8. The number of nitrogens with one attached hydrogen (secondary N) is 2. The Balaban J connectivity index is 1.51. The number of hydrogen-bond donors (Lipinski definition) is 3. The van der Waals surface area contributed by atoms with Crippen LogP contribution in [-0.2, 0) is 6.42 Å². The second kappa shape index (κ2) is 5.74. The van der Waals surface area contributed by atoms with Crippen LogP contribution in [0.1, 0.15) is 30.0 Å². The fourth-order valence-corrected chi connectivity index (χ4v) is 3.91. The zero-order valence-corrected chi connectivity index (χ0v) is 13.8. The summed E-state index contributed by atoms with van der Waals surface area (Å²) in [7, 11) is 0. The highest BCUT2D eigenvalue weighted by atomic mass is 16.5. The average molecular weight is 336 g/mol. The van der Waals surface area contributed by atoms with Crippen molar-refractivity contribution >= 4 is 16.9 Å². The molecule has 2 aliphatic rings. The van der Waals surface area contributed by atoms with Crippen LogP contribution in [0, 0.1) is 5.92 Å². The van der Waals surface area contributed by atoms with Gasteiger partial charge in [-0.25, -0.2) is 9.97 Å². The van der Waals surface area contributed by atoms with Gasteiger partial charge in [-0.1, -0.05) is 6.07 Å². The topological polar surface area (TPSA) is 83.1 Å². The molecule has 0 spiro atoms. The molecule has 128 valence electrons. The summed E-state index contributed by atoms with van der Waals surface area (Å²) in [5.74, 6) is 2.21. The van der Waals surface area contributed by atoms with Crippen molar-refractivity contribution in [3.63, 3.8) is 0 Å². The van der Waals surface area contributed by atoms with Crippen LogP contribution in [0.15, 0.2) is 36.8 Å². The number of nitrogens with zero attached hydrogens (tertiary/aromatic N) is 2. The van der Waals surface area contributed by atoms with E-state index in [4.69, 9.17) is 4.74 Å². The van der Waals surface area contributed by atoms with Gasteiger partial charge in [-0.2, -0.15) is 0 Å². The molecule has 25 heavy (non-hydrogen) atoms. The van der Waals surface area contributed by atoms with E-state index in [9.17, 15) is 5.11 Å². The Bertz CT molecular complexity index is 917. The molecule has 3 heterocycles. The number of aliphatic hydroxyl groups is 1. The predicted octanol–water partition coefficient (Wildman–Crippen LogP) is 2.82. The Morgan fingerprint density at radius 3 is 3.04 bits per heavy atom. The van der Waals surface area contributed by atoms with Crippen LogP contribution in [0.5, 0.6) is 5.75 Å². The van der Waals surface area contributed by atoms with Gasteiger partial charge in [0.2, 0.25) is 0 Å². The molecule has 1 fully saturated rings. The smallest absolute Gasteiger partial charge is 0.142 e. The Kier molecular flexibility index (Phi) is 3.38. The van der Waals surface area contributed by atoms with E-state index in [0.29, 0.717) is 5.92 Å². The van der Waals surface area contributed by atoms with E-state index >= 15 is 0 Å². The highest BCUT2D eigenvalue weighted by molar-refractivity contribution is 5.86. The lowest BCUT2D eigenvalue weighted by molar-refractivity contribution is 0.0339. The van der Waals surface area contributed by atoms with E-state index in [2.05, 4.69) is 38.5 Å². The van der Waals surface area contributed by atoms with Crippen molar-refractivity contribution in [2.45, 2.75) is 31.4 Å². The molecule has 1 aliphatic heterocycles. The molecule has 0 unspecified atom stereocenters. The normalized spacial score (nSPS) is 22.9. The third-order valence-electron chi connectivity index (χ3n) is 5.34. The van der Waals surface area contributed by atoms with E-state index < -0.39 is 0 Å². The van der Waals surface area contributed by atoms with Crippen molar-refractivity contribution in [3.05, 3.63) is 47.9 Å². The minimum absolute atomic E-state index is 0.113. The number of fused-ring (bicyclic) bond motifs is 2. The van der Waals surface area contributed by atoms with Crippen molar-refractivity contribution in [2.24, 2.45) is 5.92 Å². The van der Waals surface area contributed by atoms with E-state index in [-0.39, 0.29) is 12.1 Å². The molecule has 0 radical (unpaired) electrons. The standard InChI is InChI=1S/C19H20N4O2/c24-14-8-13(9-14)17(12-1-2-16-11(7-12)4-6-25-16)23-19-15-3-5-20-18(15)21-10-22-19/h1-3,5,7,10,13-14,17,24H,4,6,8-9H2,(H2,20,21,22,23)/t13?,14?,17-/m1/s1. The van der Waals surface area contributed by atoms with Gasteiger partial charge in [0.25, 0.3) is 0 Å². The highest BCUT2D eigenvalue weighted by Gasteiger charge is 2.35. The van der Waals surface area contributed by atoms with Gasteiger partial charge in [0, 0.05) is 12.6 Å². The summed E-state index contributed by atoms with van der Waals surface area (Å²) in [6, 6.07) is 8.53. The van der Waals surface area contributed by atoms with E-state index in [1.807, 2.05) is 12.3 Å². The summed E-state index contributed by atoms with van der Waals surface area (Å²) in [6.07, 6.45) is 5.84. The molecule has 1 saturated carbocycles. The van der Waals surface area contributed by atoms with Gasteiger partial charge in [-0.15, -0.1) is 0 Å². The number of hydrogen-bond acceptors (Lipinski definition) is 5. The highest BCUT2D eigenvalue weighted by Crippen LogP contribution is 2.41. The molecule has 6 nitrogen and oxygen atoms in total. The van der Waals surface area contributed by atoms with Crippen molar-refractivity contribution in [1.82, 2.24) is 15.0 Å². The molecule has 0 saturated heterocycles. The van der Waals surface area contributed by atoms with Crippen molar-refractivity contribution in [2.75, 3.05) is 11.9 Å². The minimum Gasteiger partial charge on any atom is -0.493 e. The molecule has 3 N–H and O–H groups in total. The maximum absolute atomic E-state index is 9.80. The first-order valence-corrected chi connectivity index (χ1v) is 8.76. The summed E-state index contributed by atoms with van der Waals surface area (Å²) in [4.78, 5) is 11.8. The number of ether oxygens (including phenoxy) is 1. The molecule has 0 bridgehead atoms. The number of aromatic nitrogens is 3. The van der Waals surface area contributed by atoms with Crippen molar-refractivity contribution < 1.29 is 9.84 Å². The molecule has 5 rings (SSSR count). The van der Waals surface area contributed by atoms with Crippen LogP contribution in [0.25, 0.3) is 11.0 Å². The summed E-state index contributed by atoms with van der Waals surface area (Å²) in [5, 5.41) is 14.4. The van der Waals surface area contributed by atoms with Gasteiger partial charge >= 0.3 is 0 Å². The number of aliphatic hydroxyl groups excluding tert-OH is 1. The summed E-state index contributed by atoms with van der Waals surface area (Å²) >= 11 is 0. The second-order valence-electron chi connectivity index (χ2n) is 6.94.